The summed E-state index contributed by atoms with van der Waals surface area (Å²) in [7, 11) is 0. The number of rotatable bonds is 5. The average molecular weight is 330 g/mol. The van der Waals surface area contributed by atoms with E-state index in [0.29, 0.717) is 12.3 Å². The first-order chi connectivity index (χ1) is 11.6. The normalized spacial score (nSPS) is 17.7. The van der Waals surface area contributed by atoms with E-state index in [9.17, 15) is 4.79 Å². The van der Waals surface area contributed by atoms with Crippen LogP contribution in [0.1, 0.15) is 36.2 Å². The molecule has 3 rings (SSSR count). The number of hydroxylamine groups is 1. The van der Waals surface area contributed by atoms with Crippen molar-refractivity contribution in [3.8, 4) is 5.69 Å². The third kappa shape index (κ3) is 3.98. The Morgan fingerprint density at radius 1 is 1.33 bits per heavy atom. The third-order valence-electron chi connectivity index (χ3n) is 4.04. The second-order valence-electron chi connectivity index (χ2n) is 5.98. The monoisotopic (exact) mass is 330 g/mol. The van der Waals surface area contributed by atoms with Crippen molar-refractivity contribution in [1.82, 2.24) is 20.5 Å². The third-order valence-corrected chi connectivity index (χ3v) is 4.04. The molecule has 0 radical (unpaired) electrons. The predicted octanol–water partition coefficient (Wildman–Crippen LogP) is 2.00. The quantitative estimate of drug-likeness (QED) is 0.849. The molecule has 0 bridgehead atoms. The minimum atomic E-state index is -0.355. The van der Waals surface area contributed by atoms with E-state index in [1.54, 1.807) is 4.68 Å². The summed E-state index contributed by atoms with van der Waals surface area (Å²) in [6.07, 6.45) is 2.64. The van der Waals surface area contributed by atoms with Gasteiger partial charge in [0.05, 0.1) is 23.5 Å². The lowest BCUT2D eigenvalue weighted by Crippen LogP contribution is -2.34. The van der Waals surface area contributed by atoms with E-state index < -0.39 is 0 Å². The van der Waals surface area contributed by atoms with Gasteiger partial charge in [-0.1, -0.05) is 22.9 Å². The molecule has 1 aliphatic rings. The highest BCUT2D eigenvalue weighted by atomic mass is 16.8. The van der Waals surface area contributed by atoms with Gasteiger partial charge in [-0.25, -0.2) is 15.0 Å². The first-order valence-electron chi connectivity index (χ1n) is 8.18. The Balaban J connectivity index is 1.59. The van der Waals surface area contributed by atoms with E-state index in [4.69, 9.17) is 9.57 Å². The number of nitrogens with one attached hydrogen (secondary N) is 1. The molecule has 1 N–H and O–H groups in total. The lowest BCUT2D eigenvalue weighted by molar-refractivity contribution is -0.200. The number of amides is 1. The maximum Gasteiger partial charge on any atom is 0.249 e. The summed E-state index contributed by atoms with van der Waals surface area (Å²) in [6, 6.07) is 7.98. The largest absolute Gasteiger partial charge is 0.350 e. The Kier molecular flexibility index (Phi) is 5.22. The number of hydrogen-bond donors (Lipinski definition) is 1. The van der Waals surface area contributed by atoms with Gasteiger partial charge in [0.1, 0.15) is 0 Å². The number of nitrogens with zero attached hydrogens (tertiary/aromatic N) is 3. The zero-order valence-electron chi connectivity index (χ0n) is 14.0. The fourth-order valence-corrected chi connectivity index (χ4v) is 2.58. The van der Waals surface area contributed by atoms with Gasteiger partial charge in [-0.2, -0.15) is 0 Å². The number of carbonyl (C=O) groups excluding carboxylic acids is 1. The second kappa shape index (κ2) is 7.55. The van der Waals surface area contributed by atoms with E-state index in [1.807, 2.05) is 38.1 Å². The van der Waals surface area contributed by atoms with E-state index in [2.05, 4.69) is 15.8 Å². The number of hydrogen-bond acceptors (Lipinski definition) is 5. The maximum absolute atomic E-state index is 12.0. The first kappa shape index (κ1) is 16.6. The topological polar surface area (TPSA) is 78.3 Å². The van der Waals surface area contributed by atoms with E-state index in [0.717, 1.165) is 30.6 Å². The van der Waals surface area contributed by atoms with Gasteiger partial charge < -0.3 is 4.74 Å². The number of aromatic nitrogens is 3. The number of carbonyl (C=O) groups is 1. The minimum absolute atomic E-state index is 0.115. The molecule has 0 unspecified atom stereocenters. The number of aryl methyl sites for hydroxylation is 1. The summed E-state index contributed by atoms with van der Waals surface area (Å²) in [5.41, 5.74) is 6.01. The van der Waals surface area contributed by atoms with Crippen molar-refractivity contribution >= 4 is 5.91 Å². The second-order valence-corrected chi connectivity index (χ2v) is 5.98. The molecule has 128 valence electrons. The molecule has 1 amide bonds. The fourth-order valence-electron chi connectivity index (χ4n) is 2.58. The van der Waals surface area contributed by atoms with Gasteiger partial charge in [0.2, 0.25) is 5.91 Å². The zero-order chi connectivity index (χ0) is 16.9. The Morgan fingerprint density at radius 2 is 2.12 bits per heavy atom. The lowest BCUT2D eigenvalue weighted by Gasteiger charge is -2.21. The van der Waals surface area contributed by atoms with Crippen molar-refractivity contribution in [2.75, 3.05) is 6.61 Å². The molecule has 2 aromatic rings. The SMILES string of the molecule is Cc1ccc(-n2nnc(CC(=O)NO[C@H]3CCCCO3)c2C)cc1. The zero-order valence-corrected chi connectivity index (χ0v) is 14.0. The van der Waals surface area contributed by atoms with Crippen molar-refractivity contribution in [2.24, 2.45) is 0 Å². The molecule has 7 heteroatoms. The highest BCUT2D eigenvalue weighted by Crippen LogP contribution is 2.14. The molecule has 1 aromatic carbocycles. The van der Waals surface area contributed by atoms with Crippen molar-refractivity contribution in [1.29, 1.82) is 0 Å². The van der Waals surface area contributed by atoms with Crippen LogP contribution in [0, 0.1) is 13.8 Å². The highest BCUT2D eigenvalue weighted by molar-refractivity contribution is 5.77. The molecule has 1 atom stereocenters. The van der Waals surface area contributed by atoms with E-state index >= 15 is 0 Å². The van der Waals surface area contributed by atoms with Gasteiger partial charge in [-0.3, -0.25) is 4.79 Å². The summed E-state index contributed by atoms with van der Waals surface area (Å²) in [5.74, 6) is -0.261. The molecular formula is C17H22N4O3. The van der Waals surface area contributed by atoms with Gasteiger partial charge in [-0.05, 0) is 38.8 Å². The Bertz CT molecular complexity index is 690. The van der Waals surface area contributed by atoms with Crippen molar-refractivity contribution in [3.05, 3.63) is 41.2 Å². The minimum Gasteiger partial charge on any atom is -0.350 e. The Hall–Kier alpha value is -2.25. The summed E-state index contributed by atoms with van der Waals surface area (Å²) in [4.78, 5) is 17.3. The smallest absolute Gasteiger partial charge is 0.249 e. The number of ether oxygens (including phenoxy) is 1. The van der Waals surface area contributed by atoms with Crippen molar-refractivity contribution in [2.45, 2.75) is 45.8 Å². The van der Waals surface area contributed by atoms with Gasteiger partial charge in [0, 0.05) is 13.0 Å². The van der Waals surface area contributed by atoms with Gasteiger partial charge >= 0.3 is 0 Å². The summed E-state index contributed by atoms with van der Waals surface area (Å²) in [6.45, 7) is 4.60. The van der Waals surface area contributed by atoms with Crippen LogP contribution in [0.3, 0.4) is 0 Å². The fraction of sp³-hybridized carbons (Fsp3) is 0.471. The summed E-state index contributed by atoms with van der Waals surface area (Å²) in [5, 5.41) is 8.25. The molecule has 0 aliphatic carbocycles. The lowest BCUT2D eigenvalue weighted by atomic mass is 10.2. The molecule has 1 aromatic heterocycles. The van der Waals surface area contributed by atoms with Crippen LogP contribution in [0.15, 0.2) is 24.3 Å². The van der Waals surface area contributed by atoms with Crippen LogP contribution in [0.5, 0.6) is 0 Å². The van der Waals surface area contributed by atoms with Crippen LogP contribution in [0.2, 0.25) is 0 Å². The molecular weight excluding hydrogens is 308 g/mol. The molecule has 0 saturated carbocycles. The van der Waals surface area contributed by atoms with E-state index in [-0.39, 0.29) is 18.6 Å². The molecule has 1 fully saturated rings. The highest BCUT2D eigenvalue weighted by Gasteiger charge is 2.18. The van der Waals surface area contributed by atoms with Gasteiger partial charge in [-0.15, -0.1) is 5.10 Å². The van der Waals surface area contributed by atoms with Crippen molar-refractivity contribution in [3.63, 3.8) is 0 Å². The Morgan fingerprint density at radius 3 is 2.83 bits per heavy atom. The van der Waals surface area contributed by atoms with Gasteiger partial charge in [0.25, 0.3) is 0 Å². The maximum atomic E-state index is 12.0. The van der Waals surface area contributed by atoms with Crippen LogP contribution >= 0.6 is 0 Å². The predicted molar refractivity (Wildman–Crippen MR) is 87.4 cm³/mol. The van der Waals surface area contributed by atoms with Crippen LogP contribution in [-0.2, 0) is 20.8 Å². The summed E-state index contributed by atoms with van der Waals surface area (Å²) < 4.78 is 7.13. The molecule has 1 saturated heterocycles. The van der Waals surface area contributed by atoms with Crippen LogP contribution in [-0.4, -0.2) is 33.8 Å². The number of benzene rings is 1. The van der Waals surface area contributed by atoms with Crippen LogP contribution in [0.25, 0.3) is 5.69 Å². The standard InChI is InChI=1S/C17H22N4O3/c1-12-6-8-14(9-7-12)21-13(2)15(18-20-21)11-16(22)19-24-17-5-3-4-10-23-17/h6-9,17H,3-5,10-11H2,1-2H3,(H,19,22)/t17-/m0/s1. The van der Waals surface area contributed by atoms with Crippen molar-refractivity contribution < 1.29 is 14.4 Å². The van der Waals surface area contributed by atoms with Crippen LogP contribution in [0.4, 0.5) is 0 Å². The van der Waals surface area contributed by atoms with Crippen LogP contribution < -0.4 is 5.48 Å². The molecule has 1 aliphatic heterocycles. The summed E-state index contributed by atoms with van der Waals surface area (Å²) >= 11 is 0. The average Bonchev–Trinajstić information content (AvgIpc) is 2.95. The molecule has 7 nitrogen and oxygen atoms in total. The van der Waals surface area contributed by atoms with E-state index in [1.165, 1.54) is 5.56 Å². The Labute approximate surface area is 140 Å². The van der Waals surface area contributed by atoms with Gasteiger partial charge in [0.15, 0.2) is 6.29 Å². The molecule has 0 spiro atoms. The molecule has 24 heavy (non-hydrogen) atoms. The first-order valence-corrected chi connectivity index (χ1v) is 8.18. The molecule has 2 heterocycles.